The molecular formula is C36H36ClN3O2S. The Labute approximate surface area is 263 Å². The van der Waals surface area contributed by atoms with Crippen LogP contribution in [0.3, 0.4) is 0 Å². The highest BCUT2D eigenvalue weighted by Crippen LogP contribution is 2.49. The summed E-state index contributed by atoms with van der Waals surface area (Å²) in [6.45, 7) is 0.615. The molecule has 3 heterocycles. The molecule has 3 unspecified atom stereocenters. The number of benzene rings is 3. The Morgan fingerprint density at radius 2 is 1.74 bits per heavy atom. The van der Waals surface area contributed by atoms with Crippen molar-refractivity contribution in [2.24, 2.45) is 5.92 Å². The van der Waals surface area contributed by atoms with E-state index >= 15 is 0 Å². The van der Waals surface area contributed by atoms with Crippen LogP contribution < -0.4 is 0 Å². The number of aromatic amines is 1. The molecule has 1 aliphatic heterocycles. The molecule has 2 aliphatic rings. The number of aromatic nitrogens is 3. The van der Waals surface area contributed by atoms with Crippen molar-refractivity contribution in [1.82, 2.24) is 15.0 Å². The molecule has 2 aromatic heterocycles. The van der Waals surface area contributed by atoms with Crippen molar-refractivity contribution in [3.63, 3.8) is 0 Å². The van der Waals surface area contributed by atoms with Gasteiger partial charge < -0.3 is 14.5 Å². The van der Waals surface area contributed by atoms with E-state index in [4.69, 9.17) is 21.1 Å². The molecule has 3 aromatic carbocycles. The van der Waals surface area contributed by atoms with Crippen molar-refractivity contribution in [2.45, 2.75) is 48.4 Å². The highest BCUT2D eigenvalue weighted by atomic mass is 35.5. The van der Waals surface area contributed by atoms with Gasteiger partial charge >= 0.3 is 0 Å². The Morgan fingerprint density at radius 3 is 2.44 bits per heavy atom. The van der Waals surface area contributed by atoms with Crippen molar-refractivity contribution in [2.75, 3.05) is 12.9 Å². The van der Waals surface area contributed by atoms with Crippen LogP contribution in [0.4, 0.5) is 0 Å². The van der Waals surface area contributed by atoms with Crippen LogP contribution in [0.15, 0.2) is 121 Å². The lowest BCUT2D eigenvalue weighted by molar-refractivity contribution is -0.165. The zero-order valence-electron chi connectivity index (χ0n) is 24.2. The van der Waals surface area contributed by atoms with Crippen molar-refractivity contribution < 1.29 is 9.47 Å². The van der Waals surface area contributed by atoms with Gasteiger partial charge in [0.15, 0.2) is 5.79 Å². The van der Waals surface area contributed by atoms with Crippen molar-refractivity contribution in [3.05, 3.63) is 137 Å². The maximum Gasteiger partial charge on any atom is 0.169 e. The van der Waals surface area contributed by atoms with Gasteiger partial charge in [0.2, 0.25) is 0 Å². The van der Waals surface area contributed by atoms with Gasteiger partial charge in [-0.05, 0) is 60.4 Å². The number of nitrogens with zero attached hydrogens (tertiary/aromatic N) is 2. The lowest BCUT2D eigenvalue weighted by Crippen LogP contribution is -2.26. The van der Waals surface area contributed by atoms with Crippen molar-refractivity contribution in [3.8, 4) is 11.4 Å². The van der Waals surface area contributed by atoms with Gasteiger partial charge in [-0.3, -0.25) is 9.97 Å². The fraction of sp³-hybridized carbons (Fsp3) is 0.278. The maximum absolute atomic E-state index is 6.66. The van der Waals surface area contributed by atoms with E-state index in [2.05, 4.69) is 75.8 Å². The molecule has 7 heteroatoms. The third-order valence-electron chi connectivity index (χ3n) is 8.30. The average molecular weight is 610 g/mol. The van der Waals surface area contributed by atoms with E-state index in [9.17, 15) is 0 Å². The van der Waals surface area contributed by atoms with E-state index in [-0.39, 0.29) is 12.0 Å². The van der Waals surface area contributed by atoms with Crippen LogP contribution in [-0.2, 0) is 9.47 Å². The molecule has 1 saturated heterocycles. The minimum Gasteiger partial charge on any atom is -0.357 e. The minimum absolute atomic E-state index is 0.00610. The molecule has 0 bridgehead atoms. The normalized spacial score (nSPS) is 21.8. The number of nitrogens with one attached hydrogen (secondary N) is 1. The summed E-state index contributed by atoms with van der Waals surface area (Å²) in [6, 6.07) is 33.1. The van der Waals surface area contributed by atoms with Gasteiger partial charge in [0.25, 0.3) is 0 Å². The van der Waals surface area contributed by atoms with E-state index in [1.165, 1.54) is 11.1 Å². The maximum atomic E-state index is 6.66. The van der Waals surface area contributed by atoms with Crippen LogP contribution in [0.25, 0.3) is 11.4 Å². The van der Waals surface area contributed by atoms with Gasteiger partial charge in [0.1, 0.15) is 11.8 Å². The second-order valence-electron chi connectivity index (χ2n) is 11.1. The number of hydrogen-bond donors (Lipinski definition) is 1. The quantitative estimate of drug-likeness (QED) is 0.186. The van der Waals surface area contributed by atoms with Crippen LogP contribution in [0.1, 0.15) is 54.5 Å². The number of halogens is 1. The molecule has 1 N–H and O–H groups in total. The molecule has 0 radical (unpaired) electrons. The third kappa shape index (κ3) is 7.22. The molecule has 5 aromatic rings. The number of rotatable bonds is 7. The van der Waals surface area contributed by atoms with E-state index in [0.717, 1.165) is 52.7 Å². The molecule has 43 heavy (non-hydrogen) atoms. The zero-order chi connectivity index (χ0) is 29.5. The van der Waals surface area contributed by atoms with Crippen LogP contribution in [-0.4, -0.2) is 33.6 Å². The van der Waals surface area contributed by atoms with Gasteiger partial charge in [-0.25, -0.2) is 0 Å². The van der Waals surface area contributed by atoms with Crippen LogP contribution in [0, 0.1) is 5.92 Å². The standard InChI is InChI=1S/C30H30ClN3O2S.C6H6/c1-37-29-10-7-22(16-24(29)31)23(25-8-9-26(34-25)27-18-32-13-14-33-27)15-20-11-12-30(17-20)35-19-28(36-30)21-5-3-2-4-6-21;1-2-4-6-5-3-1/h2-10,13-14,16,18,20,23,28,34H,11-12,15,17,19H2,1H3;1-6H/t20?,23?,28-,30?;/m0./s1. The lowest BCUT2D eigenvalue weighted by Gasteiger charge is -2.25. The summed E-state index contributed by atoms with van der Waals surface area (Å²) in [4.78, 5) is 13.4. The first kappa shape index (κ1) is 29.6. The molecule has 0 amide bonds. The predicted molar refractivity (Wildman–Crippen MR) is 174 cm³/mol. The molecule has 220 valence electrons. The Morgan fingerprint density at radius 1 is 0.977 bits per heavy atom. The van der Waals surface area contributed by atoms with E-state index in [1.807, 2.05) is 42.5 Å². The first-order chi connectivity index (χ1) is 21.1. The fourth-order valence-electron chi connectivity index (χ4n) is 6.16. The van der Waals surface area contributed by atoms with Crippen LogP contribution >= 0.6 is 23.4 Å². The molecule has 1 aliphatic carbocycles. The summed E-state index contributed by atoms with van der Waals surface area (Å²) >= 11 is 8.33. The van der Waals surface area contributed by atoms with Gasteiger partial charge in [-0.15, -0.1) is 11.8 Å². The Balaban J connectivity index is 0.000000491. The number of H-pyrrole nitrogens is 1. The largest absolute Gasteiger partial charge is 0.357 e. The van der Waals surface area contributed by atoms with E-state index in [1.54, 1.807) is 30.4 Å². The molecule has 7 rings (SSSR count). The molecule has 1 spiro atoms. The SMILES string of the molecule is CSc1ccc(C(CC2CCC3(C2)OC[C@@H](c2ccccc2)O3)c2ccc(-c3cnccn3)[nH]2)cc1Cl.c1ccccc1. The lowest BCUT2D eigenvalue weighted by atomic mass is 9.85. The zero-order valence-corrected chi connectivity index (χ0v) is 25.8. The highest BCUT2D eigenvalue weighted by molar-refractivity contribution is 7.98. The Kier molecular flexibility index (Phi) is 9.59. The van der Waals surface area contributed by atoms with Crippen LogP contribution in [0.2, 0.25) is 5.02 Å². The van der Waals surface area contributed by atoms with Crippen LogP contribution in [0.5, 0.6) is 0 Å². The third-order valence-corrected chi connectivity index (χ3v) is 9.52. The van der Waals surface area contributed by atoms with Crippen molar-refractivity contribution in [1.29, 1.82) is 0 Å². The molecular weight excluding hydrogens is 574 g/mol. The number of ether oxygens (including phenoxy) is 2. The molecule has 5 nitrogen and oxygen atoms in total. The Bertz CT molecular complexity index is 1560. The first-order valence-electron chi connectivity index (χ1n) is 14.8. The summed E-state index contributed by atoms with van der Waals surface area (Å²) in [5.41, 5.74) is 5.36. The number of hydrogen-bond acceptors (Lipinski definition) is 5. The predicted octanol–water partition coefficient (Wildman–Crippen LogP) is 9.34. The molecule has 1 saturated carbocycles. The monoisotopic (exact) mass is 609 g/mol. The molecule has 4 atom stereocenters. The van der Waals surface area contributed by atoms with Gasteiger partial charge in [0.05, 0.1) is 23.5 Å². The summed E-state index contributed by atoms with van der Waals surface area (Å²) in [5.74, 6) is 0.170. The minimum atomic E-state index is -0.476. The van der Waals surface area contributed by atoms with Gasteiger partial charge in [-0.2, -0.15) is 0 Å². The van der Waals surface area contributed by atoms with E-state index < -0.39 is 5.79 Å². The smallest absolute Gasteiger partial charge is 0.169 e. The summed E-state index contributed by atoms with van der Waals surface area (Å²) < 4.78 is 12.9. The van der Waals surface area contributed by atoms with Gasteiger partial charge in [-0.1, -0.05) is 84.4 Å². The van der Waals surface area contributed by atoms with E-state index in [0.29, 0.717) is 12.5 Å². The second kappa shape index (κ2) is 13.9. The number of thioether (sulfide) groups is 1. The van der Waals surface area contributed by atoms with Gasteiger partial charge in [0, 0.05) is 41.7 Å². The molecule has 2 fully saturated rings. The summed E-state index contributed by atoms with van der Waals surface area (Å²) in [5, 5.41) is 0.798. The first-order valence-corrected chi connectivity index (χ1v) is 16.4. The topological polar surface area (TPSA) is 60.0 Å². The second-order valence-corrected chi connectivity index (χ2v) is 12.4. The highest BCUT2D eigenvalue weighted by Gasteiger charge is 2.48. The average Bonchev–Trinajstić information content (AvgIpc) is 3.83. The van der Waals surface area contributed by atoms with Crippen molar-refractivity contribution >= 4 is 23.4 Å². The Hall–Kier alpha value is -3.42. The summed E-state index contributed by atoms with van der Waals surface area (Å²) in [7, 11) is 0. The summed E-state index contributed by atoms with van der Waals surface area (Å²) in [6.07, 6.45) is 11.1. The fourth-order valence-corrected chi connectivity index (χ4v) is 7.04.